The normalized spacial score (nSPS) is 10.9. The van der Waals surface area contributed by atoms with E-state index in [4.69, 9.17) is 4.98 Å². The van der Waals surface area contributed by atoms with Crippen molar-refractivity contribution in [1.82, 2.24) is 24.5 Å². The van der Waals surface area contributed by atoms with Crippen molar-refractivity contribution in [3.8, 4) is 22.6 Å². The first kappa shape index (κ1) is 15.1. The van der Waals surface area contributed by atoms with Crippen LogP contribution in [0.5, 0.6) is 0 Å². The Morgan fingerprint density at radius 2 is 1.96 bits per heavy atom. The van der Waals surface area contributed by atoms with Crippen LogP contribution in [-0.4, -0.2) is 24.5 Å². The van der Waals surface area contributed by atoms with E-state index in [0.29, 0.717) is 34.5 Å². The molecular formula is C19H15N5O. The van der Waals surface area contributed by atoms with E-state index >= 15 is 0 Å². The van der Waals surface area contributed by atoms with E-state index in [2.05, 4.69) is 15.0 Å². The number of aromatic nitrogens is 5. The van der Waals surface area contributed by atoms with Crippen LogP contribution in [0.3, 0.4) is 0 Å². The molecule has 0 radical (unpaired) electrons. The molecule has 0 atom stereocenters. The first-order valence-electron chi connectivity index (χ1n) is 8.00. The van der Waals surface area contributed by atoms with Crippen LogP contribution in [0.4, 0.5) is 0 Å². The highest BCUT2D eigenvalue weighted by molar-refractivity contribution is 5.93. The molecule has 4 aromatic rings. The molecule has 0 N–H and O–H groups in total. The number of aryl methyl sites for hydroxylation is 1. The molecule has 0 aromatic carbocycles. The second-order valence-corrected chi connectivity index (χ2v) is 5.54. The summed E-state index contributed by atoms with van der Waals surface area (Å²) < 4.78 is 1.58. The Bertz CT molecular complexity index is 1090. The lowest BCUT2D eigenvalue weighted by atomic mass is 10.1. The summed E-state index contributed by atoms with van der Waals surface area (Å²) in [6.45, 7) is 2.48. The van der Waals surface area contributed by atoms with E-state index in [1.54, 1.807) is 35.6 Å². The number of rotatable bonds is 3. The molecule has 0 aliphatic rings. The van der Waals surface area contributed by atoms with E-state index < -0.39 is 0 Å². The van der Waals surface area contributed by atoms with Crippen LogP contribution in [-0.2, 0) is 6.54 Å². The molecule has 0 spiro atoms. The summed E-state index contributed by atoms with van der Waals surface area (Å²) in [5.74, 6) is 0. The third kappa shape index (κ3) is 2.67. The van der Waals surface area contributed by atoms with E-state index in [1.807, 2.05) is 37.3 Å². The second kappa shape index (κ2) is 6.24. The molecule has 0 fully saturated rings. The van der Waals surface area contributed by atoms with Crippen molar-refractivity contribution in [2.24, 2.45) is 0 Å². The van der Waals surface area contributed by atoms with Crippen molar-refractivity contribution in [3.05, 3.63) is 71.7 Å². The molecule has 0 unspecified atom stereocenters. The summed E-state index contributed by atoms with van der Waals surface area (Å²) >= 11 is 0. The highest BCUT2D eigenvalue weighted by atomic mass is 16.1. The summed E-state index contributed by atoms with van der Waals surface area (Å²) in [6, 6.07) is 11.1. The van der Waals surface area contributed by atoms with Crippen LogP contribution in [0.2, 0.25) is 0 Å². The average Bonchev–Trinajstić information content (AvgIpc) is 2.69. The zero-order valence-electron chi connectivity index (χ0n) is 13.6. The lowest BCUT2D eigenvalue weighted by Crippen LogP contribution is -2.20. The number of hydrogen-bond acceptors (Lipinski definition) is 5. The van der Waals surface area contributed by atoms with Gasteiger partial charge in [-0.15, -0.1) is 0 Å². The van der Waals surface area contributed by atoms with Crippen LogP contribution >= 0.6 is 0 Å². The van der Waals surface area contributed by atoms with Crippen LogP contribution in [0.1, 0.15) is 6.92 Å². The van der Waals surface area contributed by atoms with Gasteiger partial charge in [-0.05, 0) is 37.3 Å². The van der Waals surface area contributed by atoms with Gasteiger partial charge in [0.2, 0.25) is 0 Å². The third-order valence-corrected chi connectivity index (χ3v) is 4.01. The van der Waals surface area contributed by atoms with Crippen LogP contribution < -0.4 is 5.56 Å². The van der Waals surface area contributed by atoms with Gasteiger partial charge in [0.1, 0.15) is 5.52 Å². The maximum atomic E-state index is 12.8. The number of nitrogens with zero attached hydrogens (tertiary/aromatic N) is 5. The number of pyridine rings is 3. The zero-order chi connectivity index (χ0) is 17.2. The van der Waals surface area contributed by atoms with Crippen LogP contribution in [0.15, 0.2) is 66.1 Å². The Hall–Kier alpha value is -3.41. The van der Waals surface area contributed by atoms with Gasteiger partial charge in [0.15, 0.2) is 0 Å². The molecule has 4 aromatic heterocycles. The van der Waals surface area contributed by atoms with E-state index in [-0.39, 0.29) is 5.56 Å². The van der Waals surface area contributed by atoms with Gasteiger partial charge < -0.3 is 0 Å². The smallest absolute Gasteiger partial charge is 0.261 e. The van der Waals surface area contributed by atoms with Gasteiger partial charge >= 0.3 is 0 Å². The van der Waals surface area contributed by atoms with Crippen molar-refractivity contribution in [2.75, 3.05) is 0 Å². The molecule has 6 nitrogen and oxygen atoms in total. The fourth-order valence-electron chi connectivity index (χ4n) is 2.74. The molecule has 4 heterocycles. The van der Waals surface area contributed by atoms with E-state index in [9.17, 15) is 4.79 Å². The van der Waals surface area contributed by atoms with Crippen molar-refractivity contribution in [3.63, 3.8) is 0 Å². The summed E-state index contributed by atoms with van der Waals surface area (Å²) in [6.07, 6.45) is 6.69. The fourth-order valence-corrected chi connectivity index (χ4v) is 2.74. The number of fused-ring (bicyclic) bond motifs is 1. The highest BCUT2D eigenvalue weighted by Crippen LogP contribution is 2.27. The summed E-state index contributed by atoms with van der Waals surface area (Å²) in [7, 11) is 0. The lowest BCUT2D eigenvalue weighted by molar-refractivity contribution is 0.717. The van der Waals surface area contributed by atoms with Crippen molar-refractivity contribution in [1.29, 1.82) is 0 Å². The predicted molar refractivity (Wildman–Crippen MR) is 95.9 cm³/mol. The molecular weight excluding hydrogens is 314 g/mol. The first-order chi connectivity index (χ1) is 12.3. The standard InChI is InChI=1S/C19H15N5O/c1-2-24-12-22-18-14(19(24)25)10-16(15-7-3-4-9-21-15)23-17(18)13-6-5-8-20-11-13/h3-12H,2H2,1H3. The Kier molecular flexibility index (Phi) is 3.78. The zero-order valence-corrected chi connectivity index (χ0v) is 13.6. The fraction of sp³-hybridized carbons (Fsp3) is 0.105. The Morgan fingerprint density at radius 3 is 2.68 bits per heavy atom. The van der Waals surface area contributed by atoms with Crippen LogP contribution in [0.25, 0.3) is 33.5 Å². The van der Waals surface area contributed by atoms with Gasteiger partial charge in [-0.2, -0.15) is 0 Å². The third-order valence-electron chi connectivity index (χ3n) is 4.01. The minimum absolute atomic E-state index is 0.0859. The largest absolute Gasteiger partial charge is 0.299 e. The van der Waals surface area contributed by atoms with Crippen molar-refractivity contribution in [2.45, 2.75) is 13.5 Å². The molecule has 4 rings (SSSR count). The maximum absolute atomic E-state index is 12.8. The lowest BCUT2D eigenvalue weighted by Gasteiger charge is -2.10. The maximum Gasteiger partial charge on any atom is 0.261 e. The SMILES string of the molecule is CCn1cnc2c(-c3cccnc3)nc(-c3ccccn3)cc2c1=O. The summed E-state index contributed by atoms with van der Waals surface area (Å²) in [4.78, 5) is 30.5. The molecule has 6 heteroatoms. The molecule has 25 heavy (non-hydrogen) atoms. The average molecular weight is 329 g/mol. The summed E-state index contributed by atoms with van der Waals surface area (Å²) in [5.41, 5.74) is 3.28. The quantitative estimate of drug-likeness (QED) is 0.578. The van der Waals surface area contributed by atoms with E-state index in [1.165, 1.54) is 0 Å². The molecule has 0 saturated heterocycles. The molecule has 0 aliphatic carbocycles. The molecule has 0 saturated carbocycles. The molecule has 0 aliphatic heterocycles. The van der Waals surface area contributed by atoms with Gasteiger partial charge in [0, 0.05) is 30.7 Å². The van der Waals surface area contributed by atoms with E-state index in [0.717, 1.165) is 5.56 Å². The first-order valence-corrected chi connectivity index (χ1v) is 8.00. The highest BCUT2D eigenvalue weighted by Gasteiger charge is 2.14. The topological polar surface area (TPSA) is 73.6 Å². The predicted octanol–water partition coefficient (Wildman–Crippen LogP) is 2.94. The molecule has 122 valence electrons. The molecule has 0 amide bonds. The minimum Gasteiger partial charge on any atom is -0.299 e. The van der Waals surface area contributed by atoms with Gasteiger partial charge in [0.05, 0.1) is 28.8 Å². The van der Waals surface area contributed by atoms with Gasteiger partial charge in [-0.1, -0.05) is 6.07 Å². The molecule has 0 bridgehead atoms. The Morgan fingerprint density at radius 1 is 1.04 bits per heavy atom. The monoisotopic (exact) mass is 329 g/mol. The number of hydrogen-bond donors (Lipinski definition) is 0. The van der Waals surface area contributed by atoms with Gasteiger partial charge in [0.25, 0.3) is 5.56 Å². The Labute approximate surface area is 143 Å². The van der Waals surface area contributed by atoms with Crippen molar-refractivity contribution >= 4 is 10.9 Å². The van der Waals surface area contributed by atoms with Gasteiger partial charge in [-0.3, -0.25) is 19.3 Å². The van der Waals surface area contributed by atoms with Crippen molar-refractivity contribution < 1.29 is 0 Å². The second-order valence-electron chi connectivity index (χ2n) is 5.54. The summed E-state index contributed by atoms with van der Waals surface area (Å²) in [5, 5.41) is 0.527. The van der Waals surface area contributed by atoms with Crippen LogP contribution in [0, 0.1) is 0 Å². The Balaban J connectivity index is 2.09. The minimum atomic E-state index is -0.0859. The van der Waals surface area contributed by atoms with Gasteiger partial charge in [-0.25, -0.2) is 9.97 Å².